The molecule has 7 heteroatoms. The van der Waals surface area contributed by atoms with Crippen molar-refractivity contribution in [2.24, 2.45) is 5.92 Å². The van der Waals surface area contributed by atoms with Gasteiger partial charge in [0.2, 0.25) is 10.0 Å². The lowest BCUT2D eigenvalue weighted by Gasteiger charge is -2.36. The summed E-state index contributed by atoms with van der Waals surface area (Å²) in [5, 5.41) is -0.646. The molecule has 2 unspecified atom stereocenters. The highest BCUT2D eigenvalue weighted by Gasteiger charge is 2.46. The van der Waals surface area contributed by atoms with E-state index in [1.54, 1.807) is 0 Å². The summed E-state index contributed by atoms with van der Waals surface area (Å²) in [6.45, 7) is 4.45. The number of esters is 1. The van der Waals surface area contributed by atoms with Gasteiger partial charge in [-0.05, 0) is 26.7 Å². The lowest BCUT2D eigenvalue weighted by atomic mass is 10.1. The van der Waals surface area contributed by atoms with Crippen LogP contribution in [0, 0.1) is 5.92 Å². The van der Waals surface area contributed by atoms with Crippen LogP contribution in [0.5, 0.6) is 0 Å². The van der Waals surface area contributed by atoms with E-state index in [2.05, 4.69) is 0 Å². The number of rotatable bonds is 3. The number of hydrogen-bond acceptors (Lipinski definition) is 5. The summed E-state index contributed by atoms with van der Waals surface area (Å²) in [6, 6.07) is 0. The Morgan fingerprint density at radius 1 is 1.20 bits per heavy atom. The normalized spacial score (nSPS) is 36.0. The highest BCUT2D eigenvalue weighted by atomic mass is 32.2. The van der Waals surface area contributed by atoms with Crippen molar-refractivity contribution in [1.82, 2.24) is 4.31 Å². The number of carbonyl (C=O) groups excluding carboxylic acids is 1. The lowest BCUT2D eigenvalue weighted by molar-refractivity contribution is -0.145. The van der Waals surface area contributed by atoms with Crippen LogP contribution in [0.1, 0.15) is 33.1 Å². The first-order chi connectivity index (χ1) is 9.36. The monoisotopic (exact) mass is 305 g/mol. The second-order valence-electron chi connectivity index (χ2n) is 5.72. The molecule has 0 N–H and O–H groups in total. The number of ether oxygens (including phenoxy) is 2. The molecule has 0 radical (unpaired) electrons. The zero-order valence-electron chi connectivity index (χ0n) is 12.2. The molecule has 2 aliphatic rings. The van der Waals surface area contributed by atoms with Gasteiger partial charge in [0, 0.05) is 13.1 Å². The molecule has 0 bridgehead atoms. The Kier molecular flexibility index (Phi) is 4.71. The van der Waals surface area contributed by atoms with Gasteiger partial charge in [-0.25, -0.2) is 8.42 Å². The first-order valence-corrected chi connectivity index (χ1v) is 8.58. The smallest absolute Gasteiger partial charge is 0.310 e. The maximum Gasteiger partial charge on any atom is 0.310 e. The number of hydrogen-bond donors (Lipinski definition) is 0. The summed E-state index contributed by atoms with van der Waals surface area (Å²) in [5.41, 5.74) is 0. The molecule has 20 heavy (non-hydrogen) atoms. The van der Waals surface area contributed by atoms with Gasteiger partial charge in [-0.2, -0.15) is 4.31 Å². The summed E-state index contributed by atoms with van der Waals surface area (Å²) in [6.07, 6.45) is 1.63. The molecule has 0 aromatic heterocycles. The second kappa shape index (κ2) is 5.99. The molecule has 0 spiro atoms. The fourth-order valence-corrected chi connectivity index (χ4v) is 5.58. The number of carbonyl (C=O) groups is 1. The van der Waals surface area contributed by atoms with Gasteiger partial charge in [0.05, 0.1) is 30.5 Å². The Morgan fingerprint density at radius 2 is 1.80 bits per heavy atom. The Labute approximate surface area is 120 Å². The van der Waals surface area contributed by atoms with Gasteiger partial charge < -0.3 is 9.47 Å². The number of sulfonamides is 1. The Hall–Kier alpha value is -0.660. The van der Waals surface area contributed by atoms with E-state index < -0.39 is 27.2 Å². The quantitative estimate of drug-likeness (QED) is 0.720. The summed E-state index contributed by atoms with van der Waals surface area (Å²) < 4.78 is 37.3. The summed E-state index contributed by atoms with van der Waals surface area (Å²) in [7, 11) is -2.17. The average Bonchev–Trinajstić information content (AvgIpc) is 2.86. The topological polar surface area (TPSA) is 72.9 Å². The Bertz CT molecular complexity index is 453. The van der Waals surface area contributed by atoms with Crippen LogP contribution >= 0.6 is 0 Å². The van der Waals surface area contributed by atoms with Crippen LogP contribution in [-0.4, -0.2) is 56.3 Å². The van der Waals surface area contributed by atoms with E-state index in [9.17, 15) is 13.2 Å². The van der Waals surface area contributed by atoms with E-state index in [0.717, 1.165) is 6.42 Å². The van der Waals surface area contributed by atoms with Crippen LogP contribution in [0.3, 0.4) is 0 Å². The molecule has 2 fully saturated rings. The maximum atomic E-state index is 12.8. The van der Waals surface area contributed by atoms with Crippen LogP contribution in [0.25, 0.3) is 0 Å². The van der Waals surface area contributed by atoms with E-state index in [-0.39, 0.29) is 12.2 Å². The van der Waals surface area contributed by atoms with Gasteiger partial charge in [0.25, 0.3) is 0 Å². The SMILES string of the molecule is COC(=O)C1CCCC1S(=O)(=O)N1C[C@@H](C)O[C@@H](C)C1. The van der Waals surface area contributed by atoms with Gasteiger partial charge in [-0.1, -0.05) is 6.42 Å². The standard InChI is InChI=1S/C13H23NO5S/c1-9-7-14(8-10(2)19-9)20(16,17)12-6-4-5-11(12)13(15)18-3/h9-12H,4-8H2,1-3H3/t9-,10+,11?,12?. The predicted molar refractivity (Wildman–Crippen MR) is 73.6 cm³/mol. The van der Waals surface area contributed by atoms with Gasteiger partial charge >= 0.3 is 5.97 Å². The summed E-state index contributed by atoms with van der Waals surface area (Å²) in [4.78, 5) is 11.8. The van der Waals surface area contributed by atoms with Crippen molar-refractivity contribution >= 4 is 16.0 Å². The third kappa shape index (κ3) is 2.99. The van der Waals surface area contributed by atoms with Crippen molar-refractivity contribution in [3.63, 3.8) is 0 Å². The Morgan fingerprint density at radius 3 is 2.35 bits per heavy atom. The molecule has 6 nitrogen and oxygen atoms in total. The molecule has 2 rings (SSSR count). The number of methoxy groups -OCH3 is 1. The van der Waals surface area contributed by atoms with Crippen molar-refractivity contribution in [3.05, 3.63) is 0 Å². The maximum absolute atomic E-state index is 12.8. The first-order valence-electron chi connectivity index (χ1n) is 7.08. The van der Waals surface area contributed by atoms with E-state index >= 15 is 0 Å². The minimum absolute atomic E-state index is 0.119. The van der Waals surface area contributed by atoms with Crippen molar-refractivity contribution < 1.29 is 22.7 Å². The molecule has 0 aromatic carbocycles. The molecule has 0 amide bonds. The zero-order valence-corrected chi connectivity index (χ0v) is 13.1. The molecule has 1 saturated heterocycles. The molecule has 116 valence electrons. The number of morpholine rings is 1. The summed E-state index contributed by atoms with van der Waals surface area (Å²) >= 11 is 0. The first kappa shape index (κ1) is 15.7. The summed E-state index contributed by atoms with van der Waals surface area (Å²) in [5.74, 6) is -0.941. The van der Waals surface area contributed by atoms with Crippen molar-refractivity contribution in [3.8, 4) is 0 Å². The Balaban J connectivity index is 2.19. The van der Waals surface area contributed by atoms with Crippen molar-refractivity contribution in [2.45, 2.75) is 50.6 Å². The van der Waals surface area contributed by atoms with Gasteiger partial charge in [0.15, 0.2) is 0 Å². The molecule has 1 aliphatic heterocycles. The highest BCUT2D eigenvalue weighted by molar-refractivity contribution is 7.89. The third-order valence-electron chi connectivity index (χ3n) is 4.09. The van der Waals surface area contributed by atoms with Gasteiger partial charge in [0.1, 0.15) is 0 Å². The van der Waals surface area contributed by atoms with E-state index in [1.807, 2.05) is 13.8 Å². The average molecular weight is 305 g/mol. The van der Waals surface area contributed by atoms with Gasteiger partial charge in [-0.3, -0.25) is 4.79 Å². The molecular weight excluding hydrogens is 282 g/mol. The molecule has 1 aliphatic carbocycles. The zero-order chi connectivity index (χ0) is 14.9. The largest absolute Gasteiger partial charge is 0.469 e. The fraction of sp³-hybridized carbons (Fsp3) is 0.923. The molecule has 0 aromatic rings. The minimum Gasteiger partial charge on any atom is -0.469 e. The third-order valence-corrected chi connectivity index (χ3v) is 6.43. The van der Waals surface area contributed by atoms with Crippen molar-refractivity contribution in [2.75, 3.05) is 20.2 Å². The molecule has 1 saturated carbocycles. The van der Waals surface area contributed by atoms with Crippen LogP contribution < -0.4 is 0 Å². The molecule has 4 atom stereocenters. The van der Waals surface area contributed by atoms with E-state index in [0.29, 0.717) is 25.9 Å². The van der Waals surface area contributed by atoms with E-state index in [1.165, 1.54) is 11.4 Å². The van der Waals surface area contributed by atoms with Crippen molar-refractivity contribution in [1.29, 1.82) is 0 Å². The molecular formula is C13H23NO5S. The highest BCUT2D eigenvalue weighted by Crippen LogP contribution is 2.34. The van der Waals surface area contributed by atoms with E-state index in [4.69, 9.17) is 9.47 Å². The second-order valence-corrected chi connectivity index (χ2v) is 7.87. The van der Waals surface area contributed by atoms with Crippen LogP contribution in [-0.2, 0) is 24.3 Å². The van der Waals surface area contributed by atoms with Crippen LogP contribution in [0.4, 0.5) is 0 Å². The fourth-order valence-electron chi connectivity index (χ4n) is 3.23. The van der Waals surface area contributed by atoms with Gasteiger partial charge in [-0.15, -0.1) is 0 Å². The lowest BCUT2D eigenvalue weighted by Crippen LogP contribution is -2.52. The molecule has 1 heterocycles. The minimum atomic E-state index is -3.48. The van der Waals surface area contributed by atoms with Crippen LogP contribution in [0.2, 0.25) is 0 Å². The van der Waals surface area contributed by atoms with Crippen LogP contribution in [0.15, 0.2) is 0 Å². The number of nitrogens with zero attached hydrogens (tertiary/aromatic N) is 1. The predicted octanol–water partition coefficient (Wildman–Crippen LogP) is 0.767.